The van der Waals surface area contributed by atoms with Gasteiger partial charge in [0.1, 0.15) is 40.6 Å². The minimum atomic E-state index is -4.58. The van der Waals surface area contributed by atoms with E-state index in [1.165, 1.54) is 6.07 Å². The molecule has 0 aromatic carbocycles. The van der Waals surface area contributed by atoms with Crippen LogP contribution in [0, 0.1) is 6.92 Å². The maximum absolute atomic E-state index is 12.0. The number of pyridine rings is 2. The molecule has 2 aliphatic carbocycles. The summed E-state index contributed by atoms with van der Waals surface area (Å²) in [6.45, 7) is 7.51. The van der Waals surface area contributed by atoms with Crippen LogP contribution in [0.15, 0.2) is 76.1 Å². The third-order valence-electron chi connectivity index (χ3n) is 10.5. The van der Waals surface area contributed by atoms with E-state index in [0.717, 1.165) is 46.2 Å². The van der Waals surface area contributed by atoms with Crippen molar-refractivity contribution >= 4 is 47.7 Å². The molecule has 0 spiro atoms. The summed E-state index contributed by atoms with van der Waals surface area (Å²) in [5.74, 6) is -0.785. The van der Waals surface area contributed by atoms with Gasteiger partial charge in [-0.25, -0.2) is 9.56 Å². The van der Waals surface area contributed by atoms with Crippen LogP contribution in [0.2, 0.25) is 0 Å². The van der Waals surface area contributed by atoms with Crippen molar-refractivity contribution in [1.82, 2.24) is 9.97 Å². The summed E-state index contributed by atoms with van der Waals surface area (Å²) >= 11 is 0. The molecule has 0 saturated heterocycles. The first-order valence-electron chi connectivity index (χ1n) is 16.9. The van der Waals surface area contributed by atoms with Crippen LogP contribution in [0.4, 0.5) is 11.6 Å². The quantitative estimate of drug-likeness (QED) is 0.118. The Labute approximate surface area is 309 Å². The van der Waals surface area contributed by atoms with E-state index in [1.807, 2.05) is 50.0 Å². The summed E-state index contributed by atoms with van der Waals surface area (Å²) in [5, 5.41) is 21.3. The molecule has 53 heavy (non-hydrogen) atoms. The van der Waals surface area contributed by atoms with Crippen LogP contribution in [-0.4, -0.2) is 106 Å². The Morgan fingerprint density at radius 1 is 0.925 bits per heavy atom. The number of hydrogen-bond donors (Lipinski definition) is 5. The number of β-amino-alcohol motifs (C(OH)–C–C–N with tert-alkyl or cyclic N) is 2. The average molecular weight is 792 g/mol. The Hall–Kier alpha value is -3.62. The highest BCUT2D eigenvalue weighted by atomic mass is 32.2. The number of fused-ring (bicyclic) bond motifs is 6. The second-order valence-electron chi connectivity index (χ2n) is 14.7. The number of rotatable bonds is 12. The van der Waals surface area contributed by atoms with Crippen LogP contribution in [0.25, 0.3) is 0 Å². The largest absolute Gasteiger partial charge is 0.390 e. The summed E-state index contributed by atoms with van der Waals surface area (Å²) in [5.41, 5.74) is 5.51. The highest BCUT2D eigenvalue weighted by Crippen LogP contribution is 2.56. The number of aryl methyl sites for hydroxylation is 1. The Morgan fingerprint density at radius 3 is 2.25 bits per heavy atom. The fraction of sp³-hybridized carbons (Fsp3) is 0.457. The molecular weight excluding hydrogens is 749 g/mol. The van der Waals surface area contributed by atoms with Gasteiger partial charge in [0.25, 0.3) is 30.4 Å². The number of anilines is 1. The van der Waals surface area contributed by atoms with Crippen molar-refractivity contribution in [1.29, 1.82) is 0 Å². The molecular formula is C35H43N4O11S3+. The minimum absolute atomic E-state index is 0.0815. The summed E-state index contributed by atoms with van der Waals surface area (Å²) in [7, 11) is -13.5. The zero-order valence-electron chi connectivity index (χ0n) is 29.6. The van der Waals surface area contributed by atoms with Crippen molar-refractivity contribution in [2.75, 3.05) is 29.5 Å². The Morgan fingerprint density at radius 2 is 1.58 bits per heavy atom. The van der Waals surface area contributed by atoms with E-state index in [4.69, 9.17) is 0 Å². The van der Waals surface area contributed by atoms with Gasteiger partial charge in [-0.05, 0) is 87.2 Å². The molecule has 15 nitrogen and oxygen atoms in total. The lowest BCUT2D eigenvalue weighted by atomic mass is 9.81. The first-order chi connectivity index (χ1) is 24.5. The van der Waals surface area contributed by atoms with Crippen molar-refractivity contribution in [2.24, 2.45) is 0 Å². The van der Waals surface area contributed by atoms with E-state index >= 15 is 0 Å². The molecule has 1 fully saturated rings. The minimum Gasteiger partial charge on any atom is -0.390 e. The third kappa shape index (κ3) is 7.68. The molecule has 18 heteroatoms. The standard InChI is InChI=1S/C35H42N4O11S3/c1-21(5-7-23-9-11-34(3)28-13-22(2)15-36-32(28)38(30(23)34)17-25(40)19-51(42,43)44)6-8-24-10-12-35(4)29-14-27(53(48,49)50)16-37-33(29)39(31(24)35)18-26(41)20-52(45,46)47/h5-8,13-16,25-26,40-41H,9-12,17-20H2,1-4H3,(H2-,42,43,44,45,46,47,48,49,50)/p+1. The molecule has 0 amide bonds. The lowest BCUT2D eigenvalue weighted by Gasteiger charge is -2.27. The van der Waals surface area contributed by atoms with Crippen molar-refractivity contribution in [3.05, 3.63) is 87.9 Å². The molecule has 286 valence electrons. The molecule has 6 rings (SSSR count). The van der Waals surface area contributed by atoms with Gasteiger partial charge in [0, 0.05) is 22.9 Å². The average Bonchev–Trinajstić information content (AvgIpc) is 3.68. The van der Waals surface area contributed by atoms with Crippen LogP contribution in [-0.2, 0) is 41.2 Å². The van der Waals surface area contributed by atoms with Crippen molar-refractivity contribution in [2.45, 2.75) is 81.3 Å². The Balaban J connectivity index is 1.35. The SMILES string of the molecule is CC(C=CC1=C2N(CC(O)CS(=O)(=O)O)c3ncc(C)cc3C2(C)CC1)=CC=C1CCC2(C)C1=[N+](CC(O)CS(=O)(=O)O)c1ncc(S(=O)(=O)O)cc12. The third-order valence-corrected chi connectivity index (χ3v) is 12.9. The van der Waals surface area contributed by atoms with Crippen LogP contribution >= 0.6 is 0 Å². The lowest BCUT2D eigenvalue weighted by molar-refractivity contribution is -0.452. The van der Waals surface area contributed by atoms with Gasteiger partial charge in [-0.15, -0.1) is 0 Å². The summed E-state index contributed by atoms with van der Waals surface area (Å²) in [6, 6.07) is 3.40. The monoisotopic (exact) mass is 791 g/mol. The van der Waals surface area contributed by atoms with Crippen molar-refractivity contribution in [3.63, 3.8) is 0 Å². The van der Waals surface area contributed by atoms with E-state index < -0.39 is 69.8 Å². The number of aromatic nitrogens is 2. The molecule has 4 atom stereocenters. The van der Waals surface area contributed by atoms with E-state index in [0.29, 0.717) is 42.2 Å². The molecule has 2 aromatic rings. The highest BCUT2D eigenvalue weighted by molar-refractivity contribution is 7.86. The Kier molecular flexibility index (Phi) is 10.0. The maximum atomic E-state index is 12.0. The molecule has 5 N–H and O–H groups in total. The van der Waals surface area contributed by atoms with Gasteiger partial charge >= 0.3 is 5.82 Å². The molecule has 4 aliphatic rings. The topological polar surface area (TPSA) is 236 Å². The zero-order valence-corrected chi connectivity index (χ0v) is 32.1. The first kappa shape index (κ1) is 39.1. The van der Waals surface area contributed by atoms with Gasteiger partial charge < -0.3 is 15.1 Å². The number of hydrogen-bond acceptors (Lipinski definition) is 11. The van der Waals surface area contributed by atoms with Crippen LogP contribution in [0.5, 0.6) is 0 Å². The van der Waals surface area contributed by atoms with Gasteiger partial charge in [0.15, 0.2) is 6.20 Å². The fourth-order valence-electron chi connectivity index (χ4n) is 8.23. The number of allylic oxidation sites excluding steroid dienone is 8. The van der Waals surface area contributed by atoms with E-state index in [1.54, 1.807) is 10.8 Å². The summed E-state index contributed by atoms with van der Waals surface area (Å²) in [4.78, 5) is 10.4. The fourth-order valence-corrected chi connectivity index (χ4v) is 9.86. The van der Waals surface area contributed by atoms with E-state index in [2.05, 4.69) is 23.0 Å². The summed E-state index contributed by atoms with van der Waals surface area (Å²) in [6.07, 6.45) is 10.2. The van der Waals surface area contributed by atoms with Gasteiger partial charge in [-0.1, -0.05) is 29.9 Å². The molecule has 0 radical (unpaired) electrons. The molecule has 4 heterocycles. The van der Waals surface area contributed by atoms with Gasteiger partial charge in [-0.2, -0.15) is 25.3 Å². The predicted molar refractivity (Wildman–Crippen MR) is 196 cm³/mol. The molecule has 2 aromatic heterocycles. The lowest BCUT2D eigenvalue weighted by Crippen LogP contribution is -2.36. The number of nitrogens with zero attached hydrogens (tertiary/aromatic N) is 4. The second kappa shape index (κ2) is 13.6. The first-order valence-corrected chi connectivity index (χ1v) is 21.6. The zero-order chi connectivity index (χ0) is 38.9. The Bertz CT molecular complexity index is 2380. The molecule has 1 saturated carbocycles. The van der Waals surface area contributed by atoms with Crippen molar-refractivity contribution < 1.29 is 53.7 Å². The van der Waals surface area contributed by atoms with E-state index in [9.17, 15) is 49.1 Å². The molecule has 0 bridgehead atoms. The predicted octanol–water partition coefficient (Wildman–Crippen LogP) is 2.93. The van der Waals surface area contributed by atoms with Crippen LogP contribution in [0.3, 0.4) is 0 Å². The van der Waals surface area contributed by atoms with E-state index in [-0.39, 0.29) is 13.1 Å². The molecule has 4 unspecified atom stereocenters. The number of aliphatic hydroxyl groups is 2. The van der Waals surface area contributed by atoms with Gasteiger partial charge in [0.05, 0.1) is 23.6 Å². The van der Waals surface area contributed by atoms with Crippen LogP contribution in [0.1, 0.15) is 63.1 Å². The van der Waals surface area contributed by atoms with Crippen LogP contribution < -0.4 is 4.90 Å². The highest BCUT2D eigenvalue weighted by Gasteiger charge is 2.54. The second-order valence-corrected chi connectivity index (χ2v) is 19.2. The van der Waals surface area contributed by atoms with Gasteiger partial charge in [-0.3, -0.25) is 13.7 Å². The van der Waals surface area contributed by atoms with Gasteiger partial charge in [0.2, 0.25) is 0 Å². The smallest absolute Gasteiger partial charge is 0.327 e. The normalized spacial score (nSPS) is 25.0. The molecule has 2 aliphatic heterocycles. The van der Waals surface area contributed by atoms with Crippen molar-refractivity contribution in [3.8, 4) is 0 Å². The summed E-state index contributed by atoms with van der Waals surface area (Å²) < 4.78 is 100. The number of aliphatic hydroxyl groups excluding tert-OH is 2. The maximum Gasteiger partial charge on any atom is 0.327 e.